The highest BCUT2D eigenvalue weighted by Crippen LogP contribution is 2.37. The fourth-order valence-corrected chi connectivity index (χ4v) is 3.11. The monoisotopic (exact) mass is 354 g/mol. The molecule has 1 aliphatic rings. The van der Waals surface area contributed by atoms with Crippen molar-refractivity contribution in [1.82, 2.24) is 5.32 Å². The number of aliphatic hydroxyl groups excluding tert-OH is 1. The zero-order valence-electron chi connectivity index (χ0n) is 15.3. The Morgan fingerprint density at radius 2 is 1.88 bits per heavy atom. The summed E-state index contributed by atoms with van der Waals surface area (Å²) in [6.45, 7) is 5.07. The number of fused-ring (bicyclic) bond motifs is 3. The van der Waals surface area contributed by atoms with Crippen molar-refractivity contribution in [3.05, 3.63) is 53.6 Å². The summed E-state index contributed by atoms with van der Waals surface area (Å²) in [5.74, 6) is 0.421. The molecule has 1 aliphatic carbocycles. The number of nitrogens with one attached hydrogen (secondary N) is 2. The molecule has 3 rings (SSSR count). The third-order valence-corrected chi connectivity index (χ3v) is 4.31. The number of benzene rings is 2. The molecule has 1 atom stereocenters. The number of anilines is 1. The highest BCUT2D eigenvalue weighted by Gasteiger charge is 2.18. The second kappa shape index (κ2) is 8.34. The van der Waals surface area contributed by atoms with Gasteiger partial charge >= 0.3 is 6.03 Å². The Morgan fingerprint density at radius 1 is 1.12 bits per heavy atom. The molecule has 0 aliphatic heterocycles. The van der Waals surface area contributed by atoms with Gasteiger partial charge in [0.05, 0.1) is 12.7 Å². The molecule has 2 amide bonds. The van der Waals surface area contributed by atoms with Crippen LogP contribution in [0.3, 0.4) is 0 Å². The fourth-order valence-electron chi connectivity index (χ4n) is 3.11. The predicted octanol–water partition coefficient (Wildman–Crippen LogP) is 3.41. The first kappa shape index (κ1) is 18.4. The second-order valence-corrected chi connectivity index (χ2v) is 7.13. The standard InChI is InChI=1S/C21H26N2O3/c1-14(2)12-26-13-18(24)11-22-21(25)23-17-7-8-20-16(10-17)9-15-5-3-4-6-19(15)20/h3-8,10,14,18,24H,9,11-13H2,1-2H3,(H2,22,23,25). The zero-order valence-corrected chi connectivity index (χ0v) is 15.3. The van der Waals surface area contributed by atoms with E-state index in [1.807, 2.05) is 44.2 Å². The van der Waals surface area contributed by atoms with Crippen molar-refractivity contribution in [1.29, 1.82) is 0 Å². The van der Waals surface area contributed by atoms with E-state index in [-0.39, 0.29) is 19.2 Å². The van der Waals surface area contributed by atoms with Gasteiger partial charge in [0.2, 0.25) is 0 Å². The lowest BCUT2D eigenvalue weighted by Gasteiger charge is -2.14. The van der Waals surface area contributed by atoms with Crippen molar-refractivity contribution in [3.63, 3.8) is 0 Å². The lowest BCUT2D eigenvalue weighted by atomic mass is 10.1. The van der Waals surface area contributed by atoms with Crippen LogP contribution in [0.5, 0.6) is 0 Å². The van der Waals surface area contributed by atoms with E-state index in [1.54, 1.807) is 0 Å². The van der Waals surface area contributed by atoms with Crippen LogP contribution in [-0.4, -0.2) is 37.0 Å². The van der Waals surface area contributed by atoms with Crippen molar-refractivity contribution in [2.45, 2.75) is 26.4 Å². The molecule has 0 saturated carbocycles. The normalized spacial score (nSPS) is 13.2. The van der Waals surface area contributed by atoms with Crippen LogP contribution in [0.15, 0.2) is 42.5 Å². The van der Waals surface area contributed by atoms with Gasteiger partial charge in [-0.1, -0.05) is 44.2 Å². The zero-order chi connectivity index (χ0) is 18.5. The van der Waals surface area contributed by atoms with E-state index in [4.69, 9.17) is 4.74 Å². The maximum absolute atomic E-state index is 12.0. The van der Waals surface area contributed by atoms with Gasteiger partial charge in [0.25, 0.3) is 0 Å². The molecule has 0 heterocycles. The number of hydrogen-bond acceptors (Lipinski definition) is 3. The van der Waals surface area contributed by atoms with Crippen molar-refractivity contribution < 1.29 is 14.6 Å². The minimum absolute atomic E-state index is 0.153. The molecule has 0 spiro atoms. The average molecular weight is 354 g/mol. The van der Waals surface area contributed by atoms with Crippen molar-refractivity contribution >= 4 is 11.7 Å². The smallest absolute Gasteiger partial charge is 0.319 e. The molecule has 138 valence electrons. The van der Waals surface area contributed by atoms with Crippen LogP contribution >= 0.6 is 0 Å². The van der Waals surface area contributed by atoms with E-state index in [9.17, 15) is 9.90 Å². The Kier molecular flexibility index (Phi) is 5.91. The topological polar surface area (TPSA) is 70.6 Å². The van der Waals surface area contributed by atoms with Crippen LogP contribution in [0.4, 0.5) is 10.5 Å². The first-order valence-electron chi connectivity index (χ1n) is 9.05. The molecule has 5 heteroatoms. The van der Waals surface area contributed by atoms with Gasteiger partial charge in [-0.25, -0.2) is 4.79 Å². The summed E-state index contributed by atoms with van der Waals surface area (Å²) in [4.78, 5) is 12.0. The van der Waals surface area contributed by atoms with Crippen LogP contribution < -0.4 is 10.6 Å². The SMILES string of the molecule is CC(C)COCC(O)CNC(=O)Nc1ccc2c(c1)Cc1ccccc1-2. The second-order valence-electron chi connectivity index (χ2n) is 7.13. The van der Waals surface area contributed by atoms with Gasteiger partial charge in [0.1, 0.15) is 0 Å². The maximum Gasteiger partial charge on any atom is 0.319 e. The molecular weight excluding hydrogens is 328 g/mol. The summed E-state index contributed by atoms with van der Waals surface area (Å²) in [6.07, 6.45) is 0.170. The van der Waals surface area contributed by atoms with Crippen molar-refractivity contribution in [3.8, 4) is 11.1 Å². The van der Waals surface area contributed by atoms with E-state index in [2.05, 4.69) is 22.8 Å². The average Bonchev–Trinajstić information content (AvgIpc) is 2.97. The van der Waals surface area contributed by atoms with Gasteiger partial charge in [0, 0.05) is 18.8 Å². The number of carbonyl (C=O) groups excluding carboxylic acids is 1. The summed E-state index contributed by atoms with van der Waals surface area (Å²) in [6, 6.07) is 14.0. The highest BCUT2D eigenvalue weighted by atomic mass is 16.5. The lowest BCUT2D eigenvalue weighted by Crippen LogP contribution is -2.37. The Bertz CT molecular complexity index is 774. The Morgan fingerprint density at radius 3 is 2.69 bits per heavy atom. The van der Waals surface area contributed by atoms with Gasteiger partial charge in [-0.15, -0.1) is 0 Å². The van der Waals surface area contributed by atoms with Crippen LogP contribution in [0.25, 0.3) is 11.1 Å². The number of amides is 2. The minimum Gasteiger partial charge on any atom is -0.389 e. The number of hydrogen-bond donors (Lipinski definition) is 3. The molecule has 2 aromatic carbocycles. The van der Waals surface area contributed by atoms with Crippen LogP contribution in [-0.2, 0) is 11.2 Å². The molecular formula is C21H26N2O3. The highest BCUT2D eigenvalue weighted by molar-refractivity contribution is 5.90. The lowest BCUT2D eigenvalue weighted by molar-refractivity contribution is 0.0274. The maximum atomic E-state index is 12.0. The van der Waals surface area contributed by atoms with E-state index in [0.717, 1.165) is 12.1 Å². The molecule has 5 nitrogen and oxygen atoms in total. The molecule has 0 bridgehead atoms. The Hall–Kier alpha value is -2.37. The van der Waals surface area contributed by atoms with E-state index in [0.29, 0.717) is 12.5 Å². The molecule has 3 N–H and O–H groups in total. The summed E-state index contributed by atoms with van der Waals surface area (Å²) in [5, 5.41) is 15.3. The van der Waals surface area contributed by atoms with E-state index >= 15 is 0 Å². The van der Waals surface area contributed by atoms with Crippen LogP contribution in [0.1, 0.15) is 25.0 Å². The number of urea groups is 1. The molecule has 26 heavy (non-hydrogen) atoms. The summed E-state index contributed by atoms with van der Waals surface area (Å²) in [7, 11) is 0. The quantitative estimate of drug-likeness (QED) is 0.609. The van der Waals surface area contributed by atoms with Gasteiger partial charge in [-0.3, -0.25) is 0 Å². The Balaban J connectivity index is 1.49. The van der Waals surface area contributed by atoms with E-state index in [1.165, 1.54) is 22.3 Å². The van der Waals surface area contributed by atoms with Gasteiger partial charge in [0.15, 0.2) is 0 Å². The molecule has 1 unspecified atom stereocenters. The molecule has 0 fully saturated rings. The molecule has 0 aromatic heterocycles. The van der Waals surface area contributed by atoms with Gasteiger partial charge in [-0.2, -0.15) is 0 Å². The summed E-state index contributed by atoms with van der Waals surface area (Å²) >= 11 is 0. The predicted molar refractivity (Wildman–Crippen MR) is 103 cm³/mol. The number of carbonyl (C=O) groups is 1. The van der Waals surface area contributed by atoms with Crippen LogP contribution in [0.2, 0.25) is 0 Å². The number of rotatable bonds is 7. The fraction of sp³-hybridized carbons (Fsp3) is 0.381. The Labute approximate surface area is 154 Å². The van der Waals surface area contributed by atoms with Gasteiger partial charge in [-0.05, 0) is 46.7 Å². The molecule has 0 saturated heterocycles. The molecule has 0 radical (unpaired) electrons. The first-order chi connectivity index (χ1) is 12.5. The third kappa shape index (κ3) is 4.62. The van der Waals surface area contributed by atoms with E-state index < -0.39 is 6.10 Å². The first-order valence-corrected chi connectivity index (χ1v) is 9.05. The third-order valence-electron chi connectivity index (χ3n) is 4.31. The van der Waals surface area contributed by atoms with Crippen LogP contribution in [0, 0.1) is 5.92 Å². The summed E-state index contributed by atoms with van der Waals surface area (Å²) < 4.78 is 5.37. The van der Waals surface area contributed by atoms with Gasteiger partial charge < -0.3 is 20.5 Å². The largest absolute Gasteiger partial charge is 0.389 e. The number of ether oxygens (including phenoxy) is 1. The van der Waals surface area contributed by atoms with Crippen molar-refractivity contribution in [2.75, 3.05) is 25.1 Å². The summed E-state index contributed by atoms with van der Waals surface area (Å²) in [5.41, 5.74) is 5.77. The van der Waals surface area contributed by atoms with Crippen molar-refractivity contribution in [2.24, 2.45) is 5.92 Å². The minimum atomic E-state index is -0.714. The number of aliphatic hydroxyl groups is 1. The molecule has 2 aromatic rings.